The minimum absolute atomic E-state index is 0.0849. The van der Waals surface area contributed by atoms with Gasteiger partial charge in [-0.2, -0.15) is 0 Å². The fraction of sp³-hybridized carbons (Fsp3) is 0.333. The van der Waals surface area contributed by atoms with Crippen LogP contribution in [0.25, 0.3) is 0 Å². The van der Waals surface area contributed by atoms with Crippen molar-refractivity contribution in [3.63, 3.8) is 0 Å². The van der Waals surface area contributed by atoms with Gasteiger partial charge in [0.2, 0.25) is 0 Å². The molecule has 2 heterocycles. The lowest BCUT2D eigenvalue weighted by Crippen LogP contribution is -2.35. The second-order valence-corrected chi connectivity index (χ2v) is 9.65. The van der Waals surface area contributed by atoms with Crippen molar-refractivity contribution >= 4 is 23.3 Å². The molecule has 0 atom stereocenters. The molecule has 0 fully saturated rings. The standard InChI is InChI=1S/C30H34N4O2/c35-29(31-18-7-19-33-21-17-23-8-1-2-11-26(23)22-33)25-13-15-27(16-14-25)32-30(36)34-20-6-5-10-24-9-3-4-12-28(24)34/h1-4,8-9,11-16H,5-7,10,17-22H2,(H,31,35)(H,32,36). The zero-order chi connectivity index (χ0) is 24.7. The Labute approximate surface area is 213 Å². The number of amides is 3. The lowest BCUT2D eigenvalue weighted by Gasteiger charge is -2.28. The van der Waals surface area contributed by atoms with Gasteiger partial charge in [0.15, 0.2) is 0 Å². The first-order chi connectivity index (χ1) is 17.7. The second-order valence-electron chi connectivity index (χ2n) is 9.65. The number of nitrogens with one attached hydrogen (secondary N) is 2. The van der Waals surface area contributed by atoms with Crippen molar-refractivity contribution in [3.05, 3.63) is 95.1 Å². The summed E-state index contributed by atoms with van der Waals surface area (Å²) in [5.41, 5.74) is 6.35. The van der Waals surface area contributed by atoms with E-state index in [0.29, 0.717) is 24.3 Å². The lowest BCUT2D eigenvalue weighted by atomic mass is 10.00. The van der Waals surface area contributed by atoms with Crippen molar-refractivity contribution in [1.29, 1.82) is 0 Å². The molecule has 0 radical (unpaired) electrons. The van der Waals surface area contributed by atoms with Gasteiger partial charge in [0.1, 0.15) is 0 Å². The van der Waals surface area contributed by atoms with Crippen LogP contribution in [0.3, 0.4) is 0 Å². The van der Waals surface area contributed by atoms with Gasteiger partial charge >= 0.3 is 6.03 Å². The van der Waals surface area contributed by atoms with Crippen LogP contribution in [0.4, 0.5) is 16.2 Å². The summed E-state index contributed by atoms with van der Waals surface area (Å²) in [5, 5.41) is 6.02. The SMILES string of the molecule is O=C(NCCCN1CCc2ccccc2C1)c1ccc(NC(=O)N2CCCCc3ccccc32)cc1. The van der Waals surface area contributed by atoms with Crippen LogP contribution in [0.15, 0.2) is 72.8 Å². The van der Waals surface area contributed by atoms with Crippen LogP contribution in [-0.2, 0) is 19.4 Å². The van der Waals surface area contributed by atoms with Crippen LogP contribution < -0.4 is 15.5 Å². The summed E-state index contributed by atoms with van der Waals surface area (Å²) in [6.07, 6.45) is 5.06. The quantitative estimate of drug-likeness (QED) is 0.472. The first-order valence-corrected chi connectivity index (χ1v) is 13.0. The van der Waals surface area contributed by atoms with E-state index in [-0.39, 0.29) is 11.9 Å². The van der Waals surface area contributed by atoms with E-state index in [4.69, 9.17) is 0 Å². The van der Waals surface area contributed by atoms with Crippen molar-refractivity contribution in [1.82, 2.24) is 10.2 Å². The third-order valence-electron chi connectivity index (χ3n) is 7.15. The molecule has 0 spiro atoms. The van der Waals surface area contributed by atoms with Crippen molar-refractivity contribution in [2.24, 2.45) is 0 Å². The highest BCUT2D eigenvalue weighted by Gasteiger charge is 2.21. The minimum Gasteiger partial charge on any atom is -0.352 e. The smallest absolute Gasteiger partial charge is 0.326 e. The number of nitrogens with zero attached hydrogens (tertiary/aromatic N) is 2. The van der Waals surface area contributed by atoms with Crippen molar-refractivity contribution in [2.45, 2.75) is 38.6 Å². The zero-order valence-electron chi connectivity index (χ0n) is 20.7. The summed E-state index contributed by atoms with van der Waals surface area (Å²) in [6.45, 7) is 4.37. The molecule has 36 heavy (non-hydrogen) atoms. The molecule has 2 N–H and O–H groups in total. The molecule has 5 rings (SSSR count). The van der Waals surface area contributed by atoms with Gasteiger partial charge in [-0.05, 0) is 79.1 Å². The Morgan fingerprint density at radius 3 is 2.36 bits per heavy atom. The van der Waals surface area contributed by atoms with E-state index in [1.165, 1.54) is 16.7 Å². The number of fused-ring (bicyclic) bond motifs is 2. The molecule has 0 saturated carbocycles. The molecule has 6 nitrogen and oxygen atoms in total. The van der Waals surface area contributed by atoms with Crippen molar-refractivity contribution in [2.75, 3.05) is 36.4 Å². The molecule has 0 bridgehead atoms. The van der Waals surface area contributed by atoms with Crippen LogP contribution in [0.1, 0.15) is 46.3 Å². The normalized spacial score (nSPS) is 15.4. The van der Waals surface area contributed by atoms with E-state index in [1.54, 1.807) is 24.3 Å². The molecule has 2 aliphatic heterocycles. The Morgan fingerprint density at radius 1 is 0.778 bits per heavy atom. The summed E-state index contributed by atoms with van der Waals surface area (Å²) in [7, 11) is 0. The van der Waals surface area contributed by atoms with Gasteiger partial charge in [-0.3, -0.25) is 14.6 Å². The summed E-state index contributed by atoms with van der Waals surface area (Å²) in [4.78, 5) is 29.9. The number of hydrogen-bond donors (Lipinski definition) is 2. The Balaban J connectivity index is 1.08. The van der Waals surface area contributed by atoms with Gasteiger partial charge in [0.25, 0.3) is 5.91 Å². The van der Waals surface area contributed by atoms with Crippen LogP contribution in [0.2, 0.25) is 0 Å². The van der Waals surface area contributed by atoms with Crippen molar-refractivity contribution in [3.8, 4) is 0 Å². The number of hydrogen-bond acceptors (Lipinski definition) is 3. The topological polar surface area (TPSA) is 64.7 Å². The average Bonchev–Trinajstić information content (AvgIpc) is 3.14. The molecule has 0 unspecified atom stereocenters. The third-order valence-corrected chi connectivity index (χ3v) is 7.15. The minimum atomic E-state index is -0.137. The molecule has 2 aliphatic rings. The number of urea groups is 1. The number of aryl methyl sites for hydroxylation is 1. The molecule has 3 amide bonds. The predicted octanol–water partition coefficient (Wildman–Crippen LogP) is 5.24. The molecule has 3 aromatic rings. The van der Waals surface area contributed by atoms with Gasteiger partial charge in [0, 0.05) is 49.7 Å². The Bertz CT molecular complexity index is 1210. The Hall–Kier alpha value is -3.64. The molecule has 0 aliphatic carbocycles. The lowest BCUT2D eigenvalue weighted by molar-refractivity contribution is 0.0951. The predicted molar refractivity (Wildman–Crippen MR) is 145 cm³/mol. The largest absolute Gasteiger partial charge is 0.352 e. The van der Waals surface area contributed by atoms with Crippen LogP contribution in [-0.4, -0.2) is 43.0 Å². The highest BCUT2D eigenvalue weighted by molar-refractivity contribution is 6.02. The first kappa shape index (κ1) is 24.1. The number of carbonyl (C=O) groups is 2. The summed E-state index contributed by atoms with van der Waals surface area (Å²) >= 11 is 0. The molecule has 6 heteroatoms. The maximum atomic E-state index is 13.0. The molecular formula is C30H34N4O2. The molecule has 186 valence electrons. The summed E-state index contributed by atoms with van der Waals surface area (Å²) in [6, 6.07) is 23.7. The monoisotopic (exact) mass is 482 g/mol. The highest BCUT2D eigenvalue weighted by atomic mass is 16.2. The fourth-order valence-corrected chi connectivity index (χ4v) is 5.15. The van der Waals surface area contributed by atoms with Gasteiger partial charge < -0.3 is 10.6 Å². The van der Waals surface area contributed by atoms with E-state index < -0.39 is 0 Å². The number of para-hydroxylation sites is 1. The fourth-order valence-electron chi connectivity index (χ4n) is 5.15. The van der Waals surface area contributed by atoms with Gasteiger partial charge in [-0.1, -0.05) is 42.5 Å². The molecule has 3 aromatic carbocycles. The second kappa shape index (κ2) is 11.4. The number of anilines is 2. The highest BCUT2D eigenvalue weighted by Crippen LogP contribution is 2.27. The average molecular weight is 483 g/mol. The zero-order valence-corrected chi connectivity index (χ0v) is 20.7. The number of benzene rings is 3. The maximum Gasteiger partial charge on any atom is 0.326 e. The third kappa shape index (κ3) is 5.77. The van der Waals surface area contributed by atoms with E-state index in [9.17, 15) is 9.59 Å². The first-order valence-electron chi connectivity index (χ1n) is 13.0. The molecule has 0 saturated heterocycles. The van der Waals surface area contributed by atoms with E-state index >= 15 is 0 Å². The van der Waals surface area contributed by atoms with Crippen molar-refractivity contribution < 1.29 is 9.59 Å². The summed E-state index contributed by atoms with van der Waals surface area (Å²) in [5.74, 6) is -0.0849. The van der Waals surface area contributed by atoms with Gasteiger partial charge in [-0.15, -0.1) is 0 Å². The van der Waals surface area contributed by atoms with Gasteiger partial charge in [-0.25, -0.2) is 4.79 Å². The number of carbonyl (C=O) groups excluding carboxylic acids is 2. The van der Waals surface area contributed by atoms with E-state index in [1.807, 2.05) is 23.1 Å². The molecule has 0 aromatic heterocycles. The van der Waals surface area contributed by atoms with E-state index in [2.05, 4.69) is 45.9 Å². The van der Waals surface area contributed by atoms with Crippen LogP contribution in [0, 0.1) is 0 Å². The maximum absolute atomic E-state index is 13.0. The van der Waals surface area contributed by atoms with E-state index in [0.717, 1.165) is 57.4 Å². The van der Waals surface area contributed by atoms with Crippen LogP contribution in [0.5, 0.6) is 0 Å². The summed E-state index contributed by atoms with van der Waals surface area (Å²) < 4.78 is 0. The number of rotatable bonds is 6. The Morgan fingerprint density at radius 2 is 1.53 bits per heavy atom. The van der Waals surface area contributed by atoms with Gasteiger partial charge in [0.05, 0.1) is 0 Å². The Kier molecular flexibility index (Phi) is 7.62. The molecular weight excluding hydrogens is 448 g/mol. The van der Waals surface area contributed by atoms with Crippen LogP contribution >= 0.6 is 0 Å².